The highest BCUT2D eigenvalue weighted by Crippen LogP contribution is 2.41. The monoisotopic (exact) mass is 341 g/mol. The van der Waals surface area contributed by atoms with Gasteiger partial charge in [-0.25, -0.2) is 0 Å². The summed E-state index contributed by atoms with van der Waals surface area (Å²) in [6, 6.07) is 23.4. The Morgan fingerprint density at radius 1 is 0.846 bits per heavy atom. The largest absolute Gasteiger partial charge is 0.385 e. The molecule has 3 aromatic rings. The first kappa shape index (κ1) is 16.1. The van der Waals surface area contributed by atoms with Crippen molar-refractivity contribution in [2.45, 2.75) is 12.0 Å². The van der Waals surface area contributed by atoms with Crippen molar-refractivity contribution in [3.63, 3.8) is 0 Å². The van der Waals surface area contributed by atoms with Crippen LogP contribution in [0.5, 0.6) is 0 Å². The van der Waals surface area contributed by atoms with Gasteiger partial charge in [-0.1, -0.05) is 60.7 Å². The van der Waals surface area contributed by atoms with Crippen LogP contribution in [0.2, 0.25) is 0 Å². The minimum Gasteiger partial charge on any atom is -0.385 e. The van der Waals surface area contributed by atoms with E-state index in [4.69, 9.17) is 5.73 Å². The van der Waals surface area contributed by atoms with Crippen molar-refractivity contribution >= 4 is 5.91 Å². The minimum atomic E-state index is -0.903. The highest BCUT2D eigenvalue weighted by Gasteiger charge is 2.48. The lowest BCUT2D eigenvalue weighted by atomic mass is 9.74. The Hall–Kier alpha value is -3.40. The second kappa shape index (κ2) is 6.48. The number of hydrogen-bond donors (Lipinski definition) is 1. The van der Waals surface area contributed by atoms with Crippen molar-refractivity contribution in [2.75, 3.05) is 0 Å². The second-order valence-corrected chi connectivity index (χ2v) is 6.36. The fourth-order valence-corrected chi connectivity index (χ4v) is 3.51. The molecule has 2 heterocycles. The Kier molecular flexibility index (Phi) is 4.01. The van der Waals surface area contributed by atoms with Crippen molar-refractivity contribution in [2.24, 2.45) is 5.73 Å². The normalized spacial score (nSPS) is 15.8. The van der Waals surface area contributed by atoms with Gasteiger partial charge in [-0.15, -0.1) is 0 Å². The van der Waals surface area contributed by atoms with Gasteiger partial charge >= 0.3 is 0 Å². The number of nitrogens with zero attached hydrogens (tertiary/aromatic N) is 2. The molecule has 1 aromatic heterocycles. The molecular weight excluding hydrogens is 322 g/mol. The molecule has 0 radical (unpaired) electrons. The van der Waals surface area contributed by atoms with Crippen LogP contribution in [0.1, 0.15) is 16.7 Å². The molecule has 1 aliphatic rings. The maximum absolute atomic E-state index is 13.6. The molecule has 0 atom stereocenters. The van der Waals surface area contributed by atoms with Crippen LogP contribution in [-0.4, -0.2) is 15.8 Å². The van der Waals surface area contributed by atoms with Crippen molar-refractivity contribution in [3.8, 4) is 0 Å². The van der Waals surface area contributed by atoms with Crippen LogP contribution in [0.25, 0.3) is 0 Å². The van der Waals surface area contributed by atoms with E-state index in [0.717, 1.165) is 16.7 Å². The molecule has 4 heteroatoms. The number of pyridine rings is 1. The Labute approximate surface area is 152 Å². The van der Waals surface area contributed by atoms with Gasteiger partial charge in [0.25, 0.3) is 0 Å². The van der Waals surface area contributed by atoms with Gasteiger partial charge in [-0.3, -0.25) is 14.7 Å². The van der Waals surface area contributed by atoms with Crippen molar-refractivity contribution < 1.29 is 4.79 Å². The molecule has 26 heavy (non-hydrogen) atoms. The fourth-order valence-electron chi connectivity index (χ4n) is 3.51. The van der Waals surface area contributed by atoms with Gasteiger partial charge in [0, 0.05) is 12.4 Å². The zero-order valence-corrected chi connectivity index (χ0v) is 14.2. The predicted octanol–water partition coefficient (Wildman–Crippen LogP) is 3.21. The number of hydrogen-bond acceptors (Lipinski definition) is 3. The number of aromatic nitrogens is 1. The van der Waals surface area contributed by atoms with E-state index in [2.05, 4.69) is 4.98 Å². The van der Waals surface area contributed by atoms with Crippen LogP contribution in [0.15, 0.2) is 97.1 Å². The Morgan fingerprint density at radius 2 is 1.38 bits per heavy atom. The molecule has 2 N–H and O–H groups in total. The van der Waals surface area contributed by atoms with Gasteiger partial charge in [-0.05, 0) is 34.9 Å². The van der Waals surface area contributed by atoms with E-state index in [1.165, 1.54) is 0 Å². The SMILES string of the molecule is NC1=CC(c2ccccc2)(c2ccccc2)C(=O)N1Cc1ccncc1. The minimum absolute atomic E-state index is 0.0378. The lowest BCUT2D eigenvalue weighted by Gasteiger charge is -2.29. The molecule has 0 fully saturated rings. The molecule has 4 nitrogen and oxygen atoms in total. The van der Waals surface area contributed by atoms with E-state index >= 15 is 0 Å². The van der Waals surface area contributed by atoms with Crippen LogP contribution in [0.4, 0.5) is 0 Å². The molecular formula is C22H19N3O. The maximum atomic E-state index is 13.6. The maximum Gasteiger partial charge on any atom is 0.247 e. The summed E-state index contributed by atoms with van der Waals surface area (Å²) < 4.78 is 0. The quantitative estimate of drug-likeness (QED) is 0.793. The highest BCUT2D eigenvalue weighted by atomic mass is 16.2. The molecule has 0 saturated carbocycles. The topological polar surface area (TPSA) is 59.2 Å². The average Bonchev–Trinajstić information content (AvgIpc) is 2.96. The lowest BCUT2D eigenvalue weighted by Crippen LogP contribution is -2.40. The highest BCUT2D eigenvalue weighted by molar-refractivity contribution is 5.98. The summed E-state index contributed by atoms with van der Waals surface area (Å²) in [4.78, 5) is 19.3. The van der Waals surface area contributed by atoms with Crippen molar-refractivity contribution in [1.29, 1.82) is 0 Å². The molecule has 0 bridgehead atoms. The summed E-state index contributed by atoms with van der Waals surface area (Å²) in [5.74, 6) is 0.434. The van der Waals surface area contributed by atoms with Crippen LogP contribution >= 0.6 is 0 Å². The number of carbonyl (C=O) groups excluding carboxylic acids is 1. The molecule has 4 rings (SSSR count). The summed E-state index contributed by atoms with van der Waals surface area (Å²) in [5, 5.41) is 0. The summed E-state index contributed by atoms with van der Waals surface area (Å²) in [5.41, 5.74) is 8.23. The van der Waals surface area contributed by atoms with Crippen LogP contribution in [0, 0.1) is 0 Å². The van der Waals surface area contributed by atoms with Crippen molar-refractivity contribution in [1.82, 2.24) is 9.88 Å². The summed E-state index contributed by atoms with van der Waals surface area (Å²) in [7, 11) is 0. The summed E-state index contributed by atoms with van der Waals surface area (Å²) >= 11 is 0. The molecule has 1 amide bonds. The first-order valence-electron chi connectivity index (χ1n) is 8.52. The molecule has 0 aliphatic carbocycles. The third-order valence-corrected chi connectivity index (χ3v) is 4.81. The smallest absolute Gasteiger partial charge is 0.247 e. The van der Waals surface area contributed by atoms with E-state index in [1.54, 1.807) is 17.3 Å². The Balaban J connectivity index is 1.82. The van der Waals surface area contributed by atoms with Crippen LogP contribution in [0.3, 0.4) is 0 Å². The number of benzene rings is 2. The Morgan fingerprint density at radius 3 is 1.92 bits per heavy atom. The molecule has 2 aromatic carbocycles. The van der Waals surface area contributed by atoms with E-state index < -0.39 is 5.41 Å². The summed E-state index contributed by atoms with van der Waals surface area (Å²) in [6.07, 6.45) is 5.32. The van der Waals surface area contributed by atoms with E-state index in [1.807, 2.05) is 78.9 Å². The first-order chi connectivity index (χ1) is 12.7. The second-order valence-electron chi connectivity index (χ2n) is 6.36. The zero-order chi connectivity index (χ0) is 18.0. The standard InChI is InChI=1S/C22H19N3O/c23-20-15-22(18-7-3-1-4-8-18,19-9-5-2-6-10-19)21(26)25(20)16-17-11-13-24-14-12-17/h1-15H,16,23H2. The zero-order valence-electron chi connectivity index (χ0n) is 14.2. The molecule has 1 aliphatic heterocycles. The molecule has 0 unspecified atom stereocenters. The van der Waals surface area contributed by atoms with Gasteiger partial charge in [0.2, 0.25) is 5.91 Å². The van der Waals surface area contributed by atoms with Gasteiger partial charge in [0.15, 0.2) is 0 Å². The lowest BCUT2D eigenvalue weighted by molar-refractivity contribution is -0.131. The van der Waals surface area contributed by atoms with Gasteiger partial charge in [0.05, 0.1) is 6.54 Å². The molecule has 0 saturated heterocycles. The predicted molar refractivity (Wildman–Crippen MR) is 101 cm³/mol. The number of nitrogens with two attached hydrogens (primary N) is 1. The third-order valence-electron chi connectivity index (χ3n) is 4.81. The van der Waals surface area contributed by atoms with E-state index in [-0.39, 0.29) is 5.91 Å². The first-order valence-corrected chi connectivity index (χ1v) is 8.52. The van der Waals surface area contributed by atoms with Crippen LogP contribution < -0.4 is 5.73 Å². The number of carbonyl (C=O) groups is 1. The third kappa shape index (κ3) is 2.56. The van der Waals surface area contributed by atoms with E-state index in [0.29, 0.717) is 12.4 Å². The molecule has 0 spiro atoms. The van der Waals surface area contributed by atoms with Crippen LogP contribution in [-0.2, 0) is 16.8 Å². The van der Waals surface area contributed by atoms with Gasteiger partial charge < -0.3 is 5.73 Å². The summed E-state index contributed by atoms with van der Waals surface area (Å²) in [6.45, 7) is 0.422. The Bertz CT molecular complexity index is 897. The van der Waals surface area contributed by atoms with Crippen molar-refractivity contribution in [3.05, 3.63) is 114 Å². The number of amides is 1. The van der Waals surface area contributed by atoms with Gasteiger partial charge in [0.1, 0.15) is 11.2 Å². The average molecular weight is 341 g/mol. The molecule has 128 valence electrons. The van der Waals surface area contributed by atoms with E-state index in [9.17, 15) is 4.79 Å². The van der Waals surface area contributed by atoms with Gasteiger partial charge in [-0.2, -0.15) is 0 Å². The fraction of sp³-hybridized carbons (Fsp3) is 0.0909. The number of rotatable bonds is 4.